The van der Waals surface area contributed by atoms with Crippen molar-refractivity contribution in [2.24, 2.45) is 0 Å². The molecular weight excluding hydrogens is 318 g/mol. The first-order valence-corrected chi connectivity index (χ1v) is 7.68. The molecule has 126 valence electrons. The van der Waals surface area contributed by atoms with Gasteiger partial charge in [-0.25, -0.2) is 4.98 Å². The summed E-state index contributed by atoms with van der Waals surface area (Å²) in [5.41, 5.74) is 4.51. The zero-order valence-electron chi connectivity index (χ0n) is 14.2. The van der Waals surface area contributed by atoms with E-state index in [1.807, 2.05) is 12.1 Å². The van der Waals surface area contributed by atoms with E-state index in [9.17, 15) is 4.79 Å². The Morgan fingerprint density at radius 2 is 2.16 bits per heavy atom. The number of aromatic amines is 1. The Labute approximate surface area is 144 Å². The third kappa shape index (κ3) is 3.07. The van der Waals surface area contributed by atoms with E-state index in [0.29, 0.717) is 29.1 Å². The van der Waals surface area contributed by atoms with Gasteiger partial charge in [0, 0.05) is 24.4 Å². The molecule has 2 heterocycles. The number of ether oxygens (including phenoxy) is 1. The number of fused-ring (bicyclic) bond motifs is 1. The van der Waals surface area contributed by atoms with Crippen LogP contribution in [0.4, 0.5) is 5.69 Å². The number of hydrogen-bond acceptors (Lipinski definition) is 5. The number of aromatic nitrogens is 3. The van der Waals surface area contributed by atoms with Gasteiger partial charge in [0.05, 0.1) is 23.4 Å². The molecule has 2 aromatic heterocycles. The quantitative estimate of drug-likeness (QED) is 0.763. The third-order valence-corrected chi connectivity index (χ3v) is 4.16. The highest BCUT2D eigenvalue weighted by Gasteiger charge is 2.15. The molecule has 1 amide bonds. The molecule has 0 aliphatic carbocycles. The fourth-order valence-corrected chi connectivity index (χ4v) is 2.63. The molecule has 1 aromatic carbocycles. The fraction of sp³-hybridized carbons (Fsp3) is 0.222. The van der Waals surface area contributed by atoms with Crippen molar-refractivity contribution in [1.82, 2.24) is 15.2 Å². The number of nitrogens with zero attached hydrogens (tertiary/aromatic N) is 3. The number of benzene rings is 1. The second kappa shape index (κ2) is 6.71. The Balaban J connectivity index is 1.91. The van der Waals surface area contributed by atoms with Crippen molar-refractivity contribution in [3.05, 3.63) is 52.5 Å². The first kappa shape index (κ1) is 16.6. The lowest BCUT2D eigenvalue weighted by Gasteiger charge is -2.10. The van der Waals surface area contributed by atoms with Gasteiger partial charge in [0.2, 0.25) is 0 Å². The number of H-pyrrole nitrogens is 1. The van der Waals surface area contributed by atoms with Crippen LogP contribution in [0.1, 0.15) is 32.9 Å². The van der Waals surface area contributed by atoms with Crippen molar-refractivity contribution in [3.8, 4) is 6.07 Å². The molecule has 0 atom stereocenters. The Bertz CT molecular complexity index is 1000. The SMILES string of the molecule is COCc1n[nH]c2ccc(NC(=O)c3ncc(C#N)c(C)c3C)cc12. The molecule has 7 heteroatoms. The van der Waals surface area contributed by atoms with Crippen LogP contribution in [-0.2, 0) is 11.3 Å². The summed E-state index contributed by atoms with van der Waals surface area (Å²) >= 11 is 0. The van der Waals surface area contributed by atoms with Gasteiger partial charge >= 0.3 is 0 Å². The Morgan fingerprint density at radius 1 is 1.36 bits per heavy atom. The zero-order valence-corrected chi connectivity index (χ0v) is 14.2. The average Bonchev–Trinajstić information content (AvgIpc) is 3.00. The maximum absolute atomic E-state index is 12.6. The first-order chi connectivity index (χ1) is 12.0. The summed E-state index contributed by atoms with van der Waals surface area (Å²) in [7, 11) is 1.60. The monoisotopic (exact) mass is 335 g/mol. The Kier molecular flexibility index (Phi) is 4.46. The van der Waals surface area contributed by atoms with Crippen molar-refractivity contribution in [2.75, 3.05) is 12.4 Å². The number of rotatable bonds is 4. The molecule has 0 bridgehead atoms. The predicted molar refractivity (Wildman–Crippen MR) is 93.2 cm³/mol. The van der Waals surface area contributed by atoms with Gasteiger partial charge < -0.3 is 10.1 Å². The smallest absolute Gasteiger partial charge is 0.274 e. The van der Waals surface area contributed by atoms with E-state index < -0.39 is 0 Å². The number of carbonyl (C=O) groups excluding carboxylic acids is 1. The highest BCUT2D eigenvalue weighted by molar-refractivity contribution is 6.05. The summed E-state index contributed by atoms with van der Waals surface area (Å²) in [6.45, 7) is 3.97. The molecule has 2 N–H and O–H groups in total. The number of anilines is 1. The van der Waals surface area contributed by atoms with Crippen molar-refractivity contribution in [3.63, 3.8) is 0 Å². The van der Waals surface area contributed by atoms with Crippen molar-refractivity contribution in [2.45, 2.75) is 20.5 Å². The first-order valence-electron chi connectivity index (χ1n) is 7.68. The molecule has 0 saturated heterocycles. The predicted octanol–water partition coefficient (Wildman–Crippen LogP) is 2.85. The summed E-state index contributed by atoms with van der Waals surface area (Å²) < 4.78 is 5.13. The van der Waals surface area contributed by atoms with Gasteiger partial charge in [-0.15, -0.1) is 0 Å². The number of nitrogens with one attached hydrogen (secondary N) is 2. The van der Waals surface area contributed by atoms with Crippen LogP contribution >= 0.6 is 0 Å². The lowest BCUT2D eigenvalue weighted by atomic mass is 10.0. The van der Waals surface area contributed by atoms with E-state index >= 15 is 0 Å². The number of hydrogen-bond donors (Lipinski definition) is 2. The van der Waals surface area contributed by atoms with E-state index in [4.69, 9.17) is 10.00 Å². The van der Waals surface area contributed by atoms with Crippen LogP contribution in [0, 0.1) is 25.2 Å². The molecule has 0 unspecified atom stereocenters. The van der Waals surface area contributed by atoms with Crippen molar-refractivity contribution in [1.29, 1.82) is 5.26 Å². The Morgan fingerprint density at radius 3 is 2.88 bits per heavy atom. The summed E-state index contributed by atoms with van der Waals surface area (Å²) in [6.07, 6.45) is 1.42. The minimum absolute atomic E-state index is 0.306. The Hall–Kier alpha value is -3.24. The molecule has 25 heavy (non-hydrogen) atoms. The molecule has 0 spiro atoms. The number of methoxy groups -OCH3 is 1. The van der Waals surface area contributed by atoms with E-state index in [-0.39, 0.29) is 5.91 Å². The van der Waals surface area contributed by atoms with Crippen LogP contribution in [0.2, 0.25) is 0 Å². The second-order valence-electron chi connectivity index (χ2n) is 5.70. The van der Waals surface area contributed by atoms with E-state index in [0.717, 1.165) is 22.2 Å². The molecule has 7 nitrogen and oxygen atoms in total. The van der Waals surface area contributed by atoms with Gasteiger partial charge in [0.1, 0.15) is 11.8 Å². The van der Waals surface area contributed by atoms with Crippen LogP contribution < -0.4 is 5.32 Å². The van der Waals surface area contributed by atoms with Gasteiger partial charge in [-0.05, 0) is 43.2 Å². The third-order valence-electron chi connectivity index (χ3n) is 4.16. The summed E-state index contributed by atoms with van der Waals surface area (Å²) in [5.74, 6) is -0.318. The largest absolute Gasteiger partial charge is 0.378 e. The molecule has 0 aliphatic rings. The minimum Gasteiger partial charge on any atom is -0.378 e. The van der Waals surface area contributed by atoms with Gasteiger partial charge in [-0.3, -0.25) is 9.89 Å². The lowest BCUT2D eigenvalue weighted by molar-refractivity contribution is 0.102. The molecular formula is C18H17N5O2. The minimum atomic E-state index is -0.318. The number of nitriles is 1. The normalized spacial score (nSPS) is 10.6. The molecule has 0 saturated carbocycles. The zero-order chi connectivity index (χ0) is 18.0. The van der Waals surface area contributed by atoms with Gasteiger partial charge in [-0.1, -0.05) is 0 Å². The molecule has 0 fully saturated rings. The standard InChI is InChI=1S/C18H17N5O2/c1-10-11(2)17(20-8-12(10)7-19)18(24)21-13-4-5-15-14(6-13)16(9-25-3)23-22-15/h4-6,8H,9H2,1-3H3,(H,21,24)(H,22,23). The van der Waals surface area contributed by atoms with Gasteiger partial charge in [0.25, 0.3) is 5.91 Å². The maximum Gasteiger partial charge on any atom is 0.274 e. The highest BCUT2D eigenvalue weighted by Crippen LogP contribution is 2.22. The van der Waals surface area contributed by atoms with E-state index in [2.05, 4.69) is 26.6 Å². The maximum atomic E-state index is 12.6. The van der Waals surface area contributed by atoms with E-state index in [1.165, 1.54) is 6.20 Å². The van der Waals surface area contributed by atoms with Crippen LogP contribution in [-0.4, -0.2) is 28.2 Å². The van der Waals surface area contributed by atoms with Crippen LogP contribution in [0.5, 0.6) is 0 Å². The highest BCUT2D eigenvalue weighted by atomic mass is 16.5. The molecule has 0 radical (unpaired) electrons. The van der Waals surface area contributed by atoms with Gasteiger partial charge in [-0.2, -0.15) is 10.4 Å². The lowest BCUT2D eigenvalue weighted by Crippen LogP contribution is -2.16. The fourth-order valence-electron chi connectivity index (χ4n) is 2.63. The van der Waals surface area contributed by atoms with Crippen LogP contribution in [0.25, 0.3) is 10.9 Å². The number of pyridine rings is 1. The second-order valence-corrected chi connectivity index (χ2v) is 5.70. The average molecular weight is 335 g/mol. The van der Waals surface area contributed by atoms with Crippen LogP contribution in [0.15, 0.2) is 24.4 Å². The van der Waals surface area contributed by atoms with Crippen molar-refractivity contribution >= 4 is 22.5 Å². The summed E-state index contributed by atoms with van der Waals surface area (Å²) in [5, 5.41) is 19.9. The van der Waals surface area contributed by atoms with E-state index in [1.54, 1.807) is 27.0 Å². The molecule has 3 aromatic rings. The summed E-state index contributed by atoms with van der Waals surface area (Å²) in [6, 6.07) is 7.56. The number of amides is 1. The topological polar surface area (TPSA) is 104 Å². The molecule has 3 rings (SSSR count). The van der Waals surface area contributed by atoms with Crippen LogP contribution in [0.3, 0.4) is 0 Å². The molecule has 0 aliphatic heterocycles. The van der Waals surface area contributed by atoms with Crippen molar-refractivity contribution < 1.29 is 9.53 Å². The summed E-state index contributed by atoms with van der Waals surface area (Å²) in [4.78, 5) is 16.7. The number of carbonyl (C=O) groups is 1. The van der Waals surface area contributed by atoms with Gasteiger partial charge in [0.15, 0.2) is 0 Å².